The molecule has 3 aromatic rings. The molecule has 1 heterocycles. The molecule has 0 aliphatic rings. The zero-order valence-electron chi connectivity index (χ0n) is 12.5. The Kier molecular flexibility index (Phi) is 3.30. The van der Waals surface area contributed by atoms with Crippen molar-refractivity contribution in [2.45, 2.75) is 20.8 Å². The van der Waals surface area contributed by atoms with Crippen LogP contribution in [0.2, 0.25) is 0 Å². The normalized spacial score (nSPS) is 10.8. The first kappa shape index (κ1) is 13.5. The van der Waals surface area contributed by atoms with Crippen LogP contribution >= 0.6 is 0 Å². The number of aryl methyl sites for hydroxylation is 3. The first-order valence-corrected chi connectivity index (χ1v) is 7.04. The van der Waals surface area contributed by atoms with E-state index >= 15 is 0 Å². The van der Waals surface area contributed by atoms with Crippen LogP contribution in [0.3, 0.4) is 0 Å². The zero-order chi connectivity index (χ0) is 15.0. The second-order valence-corrected chi connectivity index (χ2v) is 5.46. The summed E-state index contributed by atoms with van der Waals surface area (Å²) in [4.78, 5) is 17.3. The van der Waals surface area contributed by atoms with E-state index in [4.69, 9.17) is 0 Å². The SMILES string of the molecule is Cc1cc(C(=O)c2ccc(C)c(C)c2)c2ccccc2n1. The molecule has 0 amide bonds. The first-order valence-electron chi connectivity index (χ1n) is 7.04. The van der Waals surface area contributed by atoms with Crippen LogP contribution in [0.15, 0.2) is 48.5 Å². The van der Waals surface area contributed by atoms with Gasteiger partial charge in [-0.1, -0.05) is 30.3 Å². The van der Waals surface area contributed by atoms with Crippen molar-refractivity contribution in [3.05, 3.63) is 76.5 Å². The van der Waals surface area contributed by atoms with Gasteiger partial charge in [-0.2, -0.15) is 0 Å². The summed E-state index contributed by atoms with van der Waals surface area (Å²) in [5.41, 5.74) is 5.51. The van der Waals surface area contributed by atoms with Crippen molar-refractivity contribution >= 4 is 16.7 Å². The number of fused-ring (bicyclic) bond motifs is 1. The van der Waals surface area contributed by atoms with Crippen LogP contribution in [0.1, 0.15) is 32.7 Å². The number of ketones is 1. The highest BCUT2D eigenvalue weighted by Gasteiger charge is 2.14. The lowest BCUT2D eigenvalue weighted by molar-refractivity contribution is 0.104. The van der Waals surface area contributed by atoms with Crippen molar-refractivity contribution in [1.29, 1.82) is 0 Å². The van der Waals surface area contributed by atoms with E-state index in [1.165, 1.54) is 5.56 Å². The fraction of sp³-hybridized carbons (Fsp3) is 0.158. The van der Waals surface area contributed by atoms with E-state index in [-0.39, 0.29) is 5.78 Å². The van der Waals surface area contributed by atoms with Gasteiger partial charge in [0.1, 0.15) is 0 Å². The van der Waals surface area contributed by atoms with E-state index in [9.17, 15) is 4.79 Å². The monoisotopic (exact) mass is 275 g/mol. The summed E-state index contributed by atoms with van der Waals surface area (Å²) in [6.45, 7) is 6.00. The molecule has 0 atom stereocenters. The van der Waals surface area contributed by atoms with Crippen LogP contribution in [0.5, 0.6) is 0 Å². The predicted molar refractivity (Wildman–Crippen MR) is 85.8 cm³/mol. The highest BCUT2D eigenvalue weighted by atomic mass is 16.1. The number of para-hydroxylation sites is 1. The van der Waals surface area contributed by atoms with Gasteiger partial charge >= 0.3 is 0 Å². The van der Waals surface area contributed by atoms with Gasteiger partial charge in [0.25, 0.3) is 0 Å². The van der Waals surface area contributed by atoms with Crippen molar-refractivity contribution in [3.63, 3.8) is 0 Å². The van der Waals surface area contributed by atoms with Crippen molar-refractivity contribution < 1.29 is 4.79 Å². The number of carbonyl (C=O) groups excluding carboxylic acids is 1. The third-order valence-electron chi connectivity index (χ3n) is 3.86. The zero-order valence-corrected chi connectivity index (χ0v) is 12.5. The molecule has 0 bridgehead atoms. The van der Waals surface area contributed by atoms with Gasteiger partial charge in [-0.05, 0) is 50.1 Å². The van der Waals surface area contributed by atoms with Gasteiger partial charge in [0, 0.05) is 22.2 Å². The van der Waals surface area contributed by atoms with E-state index in [1.807, 2.05) is 62.4 Å². The summed E-state index contributed by atoms with van der Waals surface area (Å²) in [6, 6.07) is 15.5. The molecule has 104 valence electrons. The summed E-state index contributed by atoms with van der Waals surface area (Å²) in [5, 5.41) is 0.909. The number of benzene rings is 2. The Morgan fingerprint density at radius 2 is 1.67 bits per heavy atom. The molecule has 0 aliphatic carbocycles. The van der Waals surface area contributed by atoms with Gasteiger partial charge in [0.2, 0.25) is 0 Å². The predicted octanol–water partition coefficient (Wildman–Crippen LogP) is 4.39. The first-order chi connectivity index (χ1) is 10.1. The molecular weight excluding hydrogens is 258 g/mol. The maximum absolute atomic E-state index is 12.8. The van der Waals surface area contributed by atoms with Gasteiger partial charge in [-0.25, -0.2) is 0 Å². The molecule has 2 nitrogen and oxygen atoms in total. The standard InChI is InChI=1S/C19H17NO/c1-12-8-9-15(10-13(12)2)19(21)17-11-14(3)20-18-7-5-4-6-16(17)18/h4-11H,1-3H3. The summed E-state index contributed by atoms with van der Waals surface area (Å²) in [7, 11) is 0. The van der Waals surface area contributed by atoms with Crippen LogP contribution in [0.4, 0.5) is 0 Å². The van der Waals surface area contributed by atoms with E-state index in [1.54, 1.807) is 0 Å². The molecule has 2 aromatic carbocycles. The third kappa shape index (κ3) is 2.45. The van der Waals surface area contributed by atoms with Gasteiger partial charge in [-0.15, -0.1) is 0 Å². The molecule has 0 fully saturated rings. The molecule has 0 aliphatic heterocycles. The topological polar surface area (TPSA) is 30.0 Å². The largest absolute Gasteiger partial charge is 0.289 e. The Hall–Kier alpha value is -2.48. The van der Waals surface area contributed by atoms with Crippen molar-refractivity contribution in [2.24, 2.45) is 0 Å². The maximum Gasteiger partial charge on any atom is 0.193 e. The Morgan fingerprint density at radius 1 is 0.905 bits per heavy atom. The number of carbonyl (C=O) groups is 1. The highest BCUT2D eigenvalue weighted by molar-refractivity contribution is 6.16. The summed E-state index contributed by atoms with van der Waals surface area (Å²) >= 11 is 0. The Bertz CT molecular complexity index is 849. The van der Waals surface area contributed by atoms with Gasteiger partial charge in [-0.3, -0.25) is 9.78 Å². The number of aromatic nitrogens is 1. The lowest BCUT2D eigenvalue weighted by Gasteiger charge is -2.08. The van der Waals surface area contributed by atoms with Crippen molar-refractivity contribution in [3.8, 4) is 0 Å². The molecule has 0 N–H and O–H groups in total. The van der Waals surface area contributed by atoms with E-state index in [0.717, 1.165) is 33.3 Å². The van der Waals surface area contributed by atoms with Crippen LogP contribution in [0, 0.1) is 20.8 Å². The van der Waals surface area contributed by atoms with E-state index in [2.05, 4.69) is 11.9 Å². The van der Waals surface area contributed by atoms with Gasteiger partial charge in [0.05, 0.1) is 5.52 Å². The Balaban J connectivity index is 2.19. The second-order valence-electron chi connectivity index (χ2n) is 5.46. The Labute approximate surface area is 124 Å². The summed E-state index contributed by atoms with van der Waals surface area (Å²) < 4.78 is 0. The van der Waals surface area contributed by atoms with Gasteiger partial charge in [0.15, 0.2) is 5.78 Å². The molecule has 0 saturated heterocycles. The summed E-state index contributed by atoms with van der Waals surface area (Å²) in [5.74, 6) is 0.0554. The van der Waals surface area contributed by atoms with E-state index < -0.39 is 0 Å². The molecule has 2 heteroatoms. The molecule has 0 saturated carbocycles. The minimum Gasteiger partial charge on any atom is -0.289 e. The Morgan fingerprint density at radius 3 is 2.43 bits per heavy atom. The van der Waals surface area contributed by atoms with Crippen molar-refractivity contribution in [1.82, 2.24) is 4.98 Å². The number of nitrogens with zero attached hydrogens (tertiary/aromatic N) is 1. The van der Waals surface area contributed by atoms with Crippen LogP contribution in [-0.4, -0.2) is 10.8 Å². The minimum absolute atomic E-state index is 0.0554. The van der Waals surface area contributed by atoms with E-state index in [0.29, 0.717) is 0 Å². The van der Waals surface area contributed by atoms with Crippen molar-refractivity contribution in [2.75, 3.05) is 0 Å². The molecule has 1 aromatic heterocycles. The molecular formula is C19H17NO. The molecule has 0 unspecified atom stereocenters. The summed E-state index contributed by atoms with van der Waals surface area (Å²) in [6.07, 6.45) is 0. The van der Waals surface area contributed by atoms with Crippen LogP contribution in [-0.2, 0) is 0 Å². The number of hydrogen-bond donors (Lipinski definition) is 0. The highest BCUT2D eigenvalue weighted by Crippen LogP contribution is 2.22. The fourth-order valence-electron chi connectivity index (χ4n) is 2.53. The average molecular weight is 275 g/mol. The minimum atomic E-state index is 0.0554. The maximum atomic E-state index is 12.8. The number of rotatable bonds is 2. The molecule has 21 heavy (non-hydrogen) atoms. The lowest BCUT2D eigenvalue weighted by atomic mass is 9.96. The molecule has 0 spiro atoms. The van der Waals surface area contributed by atoms with Gasteiger partial charge < -0.3 is 0 Å². The average Bonchev–Trinajstić information content (AvgIpc) is 2.48. The van der Waals surface area contributed by atoms with Crippen LogP contribution in [0.25, 0.3) is 10.9 Å². The quantitative estimate of drug-likeness (QED) is 0.649. The molecule has 0 radical (unpaired) electrons. The number of pyridine rings is 1. The number of hydrogen-bond acceptors (Lipinski definition) is 2. The lowest BCUT2D eigenvalue weighted by Crippen LogP contribution is -2.04. The third-order valence-corrected chi connectivity index (χ3v) is 3.86. The smallest absolute Gasteiger partial charge is 0.193 e. The molecule has 3 rings (SSSR count). The van der Waals surface area contributed by atoms with Crippen LogP contribution < -0.4 is 0 Å². The fourth-order valence-corrected chi connectivity index (χ4v) is 2.53. The second kappa shape index (κ2) is 5.13.